The Morgan fingerprint density at radius 1 is 1.50 bits per heavy atom. The summed E-state index contributed by atoms with van der Waals surface area (Å²) in [6.07, 6.45) is 0. The Labute approximate surface area is 80.9 Å². The van der Waals surface area contributed by atoms with Gasteiger partial charge in [0.2, 0.25) is 0 Å². The highest BCUT2D eigenvalue weighted by molar-refractivity contribution is 5.94. The van der Waals surface area contributed by atoms with Crippen LogP contribution in [0.2, 0.25) is 0 Å². The summed E-state index contributed by atoms with van der Waals surface area (Å²) in [6, 6.07) is 3.57. The standard InChI is InChI=1S/C9H11FN2O2/c1-12(2)11-8-4-3-6(10)5-7(8)9(13)14/h3-5,11H,1-2H3,(H,13,14). The van der Waals surface area contributed by atoms with Gasteiger partial charge in [-0.05, 0) is 18.2 Å². The molecule has 1 aromatic carbocycles. The number of hydrazine groups is 1. The Hall–Kier alpha value is -1.62. The molecule has 0 amide bonds. The van der Waals surface area contributed by atoms with Crippen molar-refractivity contribution in [2.75, 3.05) is 19.5 Å². The molecule has 0 aliphatic rings. The Kier molecular flexibility index (Phi) is 3.03. The summed E-state index contributed by atoms with van der Waals surface area (Å²) in [5.74, 6) is -1.72. The van der Waals surface area contributed by atoms with Crippen LogP contribution in [0.5, 0.6) is 0 Å². The first-order chi connectivity index (χ1) is 6.50. The predicted octanol–water partition coefficient (Wildman–Crippen LogP) is 1.41. The molecule has 0 saturated heterocycles. The van der Waals surface area contributed by atoms with Gasteiger partial charge in [-0.15, -0.1) is 0 Å². The number of hydrogen-bond donors (Lipinski definition) is 2. The van der Waals surface area contributed by atoms with E-state index in [-0.39, 0.29) is 5.56 Å². The second-order valence-corrected chi connectivity index (χ2v) is 3.00. The van der Waals surface area contributed by atoms with Gasteiger partial charge >= 0.3 is 5.97 Å². The number of anilines is 1. The number of halogens is 1. The van der Waals surface area contributed by atoms with Crippen molar-refractivity contribution in [2.45, 2.75) is 0 Å². The van der Waals surface area contributed by atoms with Crippen molar-refractivity contribution in [1.82, 2.24) is 5.01 Å². The Morgan fingerprint density at radius 2 is 2.14 bits per heavy atom. The molecule has 14 heavy (non-hydrogen) atoms. The maximum atomic E-state index is 12.7. The molecular weight excluding hydrogens is 187 g/mol. The molecule has 1 aromatic rings. The fourth-order valence-corrected chi connectivity index (χ4v) is 1.03. The van der Waals surface area contributed by atoms with Crippen LogP contribution in [0.4, 0.5) is 10.1 Å². The van der Waals surface area contributed by atoms with Crippen molar-refractivity contribution in [3.63, 3.8) is 0 Å². The molecule has 0 aliphatic carbocycles. The van der Waals surface area contributed by atoms with E-state index in [4.69, 9.17) is 5.11 Å². The molecule has 0 bridgehead atoms. The number of hydrogen-bond acceptors (Lipinski definition) is 3. The maximum absolute atomic E-state index is 12.7. The molecule has 76 valence electrons. The third kappa shape index (κ3) is 2.43. The minimum Gasteiger partial charge on any atom is -0.478 e. The van der Waals surface area contributed by atoms with Gasteiger partial charge in [0.1, 0.15) is 5.82 Å². The quantitative estimate of drug-likeness (QED) is 0.721. The third-order valence-electron chi connectivity index (χ3n) is 1.56. The van der Waals surface area contributed by atoms with E-state index in [0.29, 0.717) is 5.69 Å². The maximum Gasteiger partial charge on any atom is 0.337 e. The van der Waals surface area contributed by atoms with E-state index in [1.807, 2.05) is 0 Å². The van der Waals surface area contributed by atoms with Crippen LogP contribution in [-0.2, 0) is 0 Å². The van der Waals surface area contributed by atoms with Crippen LogP contribution in [0.1, 0.15) is 10.4 Å². The minimum absolute atomic E-state index is 0.0845. The molecule has 0 aliphatic heterocycles. The molecule has 5 heteroatoms. The fourth-order valence-electron chi connectivity index (χ4n) is 1.03. The molecule has 4 nitrogen and oxygen atoms in total. The van der Waals surface area contributed by atoms with Gasteiger partial charge in [-0.25, -0.2) is 14.2 Å². The second kappa shape index (κ2) is 4.06. The monoisotopic (exact) mass is 198 g/mol. The molecule has 2 N–H and O–H groups in total. The van der Waals surface area contributed by atoms with Crippen molar-refractivity contribution < 1.29 is 14.3 Å². The van der Waals surface area contributed by atoms with Crippen LogP contribution >= 0.6 is 0 Å². The highest BCUT2D eigenvalue weighted by Crippen LogP contribution is 2.16. The molecular formula is C9H11FN2O2. The fraction of sp³-hybridized carbons (Fsp3) is 0.222. The number of benzene rings is 1. The highest BCUT2D eigenvalue weighted by atomic mass is 19.1. The van der Waals surface area contributed by atoms with E-state index in [0.717, 1.165) is 6.07 Å². The number of carboxylic acids is 1. The van der Waals surface area contributed by atoms with Crippen molar-refractivity contribution in [3.05, 3.63) is 29.6 Å². The van der Waals surface area contributed by atoms with E-state index < -0.39 is 11.8 Å². The topological polar surface area (TPSA) is 52.6 Å². The van der Waals surface area contributed by atoms with Gasteiger partial charge in [0.25, 0.3) is 0 Å². The van der Waals surface area contributed by atoms with Crippen LogP contribution in [-0.4, -0.2) is 30.2 Å². The lowest BCUT2D eigenvalue weighted by atomic mass is 10.2. The first kappa shape index (κ1) is 10.5. The zero-order chi connectivity index (χ0) is 10.7. The summed E-state index contributed by atoms with van der Waals surface area (Å²) >= 11 is 0. The van der Waals surface area contributed by atoms with E-state index in [9.17, 15) is 9.18 Å². The normalized spacial score (nSPS) is 10.3. The summed E-state index contributed by atoms with van der Waals surface area (Å²) in [5.41, 5.74) is 3.05. The van der Waals surface area contributed by atoms with Crippen molar-refractivity contribution in [2.24, 2.45) is 0 Å². The van der Waals surface area contributed by atoms with E-state index in [1.165, 1.54) is 12.1 Å². The van der Waals surface area contributed by atoms with Gasteiger partial charge in [-0.2, -0.15) is 0 Å². The van der Waals surface area contributed by atoms with Gasteiger partial charge in [-0.1, -0.05) is 0 Å². The lowest BCUT2D eigenvalue weighted by Gasteiger charge is -2.15. The molecule has 0 radical (unpaired) electrons. The Bertz CT molecular complexity index is 353. The molecule has 0 heterocycles. The number of carbonyl (C=O) groups is 1. The molecule has 0 saturated carbocycles. The molecule has 0 atom stereocenters. The average Bonchev–Trinajstić information content (AvgIpc) is 2.07. The second-order valence-electron chi connectivity index (χ2n) is 3.00. The van der Waals surface area contributed by atoms with Crippen molar-refractivity contribution in [1.29, 1.82) is 0 Å². The SMILES string of the molecule is CN(C)Nc1ccc(F)cc1C(=O)O. The van der Waals surface area contributed by atoms with Crippen LogP contribution in [0.15, 0.2) is 18.2 Å². The van der Waals surface area contributed by atoms with Gasteiger partial charge < -0.3 is 10.5 Å². The number of aromatic carboxylic acids is 1. The molecule has 0 spiro atoms. The smallest absolute Gasteiger partial charge is 0.337 e. The van der Waals surface area contributed by atoms with Gasteiger partial charge in [-0.3, -0.25) is 0 Å². The summed E-state index contributed by atoms with van der Waals surface area (Å²) in [4.78, 5) is 10.7. The van der Waals surface area contributed by atoms with Crippen LogP contribution in [0.3, 0.4) is 0 Å². The summed E-state index contributed by atoms with van der Waals surface area (Å²) in [7, 11) is 3.43. The first-order valence-electron chi connectivity index (χ1n) is 3.97. The Morgan fingerprint density at radius 3 is 2.64 bits per heavy atom. The number of nitrogens with zero attached hydrogens (tertiary/aromatic N) is 1. The Balaban J connectivity index is 3.08. The van der Waals surface area contributed by atoms with Crippen LogP contribution in [0.25, 0.3) is 0 Å². The minimum atomic E-state index is -1.16. The van der Waals surface area contributed by atoms with Gasteiger partial charge in [0.05, 0.1) is 11.3 Å². The molecule has 0 fully saturated rings. The number of rotatable bonds is 3. The lowest BCUT2D eigenvalue weighted by Crippen LogP contribution is -2.21. The summed E-state index contributed by atoms with van der Waals surface area (Å²) in [5, 5.41) is 10.4. The molecule has 1 rings (SSSR count). The van der Waals surface area contributed by atoms with Crippen molar-refractivity contribution in [3.8, 4) is 0 Å². The number of nitrogens with one attached hydrogen (secondary N) is 1. The average molecular weight is 198 g/mol. The zero-order valence-corrected chi connectivity index (χ0v) is 7.91. The first-order valence-corrected chi connectivity index (χ1v) is 3.97. The predicted molar refractivity (Wildman–Crippen MR) is 50.7 cm³/mol. The van der Waals surface area contributed by atoms with Crippen LogP contribution < -0.4 is 5.43 Å². The molecule has 0 unspecified atom stereocenters. The zero-order valence-electron chi connectivity index (χ0n) is 7.91. The lowest BCUT2D eigenvalue weighted by molar-refractivity contribution is 0.0697. The summed E-state index contributed by atoms with van der Waals surface area (Å²) < 4.78 is 12.7. The number of carboxylic acid groups (broad SMARTS) is 1. The van der Waals surface area contributed by atoms with Gasteiger partial charge in [0, 0.05) is 14.1 Å². The van der Waals surface area contributed by atoms with Crippen LogP contribution in [0, 0.1) is 5.82 Å². The molecule has 0 aromatic heterocycles. The largest absolute Gasteiger partial charge is 0.478 e. The van der Waals surface area contributed by atoms with E-state index in [1.54, 1.807) is 19.1 Å². The van der Waals surface area contributed by atoms with E-state index >= 15 is 0 Å². The highest BCUT2D eigenvalue weighted by Gasteiger charge is 2.11. The van der Waals surface area contributed by atoms with E-state index in [2.05, 4.69) is 5.43 Å². The van der Waals surface area contributed by atoms with Gasteiger partial charge in [0.15, 0.2) is 0 Å². The summed E-state index contributed by atoms with van der Waals surface area (Å²) in [6.45, 7) is 0. The van der Waals surface area contributed by atoms with Crippen molar-refractivity contribution >= 4 is 11.7 Å². The third-order valence-corrected chi connectivity index (χ3v) is 1.56.